The molecule has 1 aliphatic carbocycles. The van der Waals surface area contributed by atoms with E-state index in [1.807, 2.05) is 0 Å². The lowest BCUT2D eigenvalue weighted by molar-refractivity contribution is -0.120. The van der Waals surface area contributed by atoms with Gasteiger partial charge in [0, 0.05) is 44.3 Å². The highest BCUT2D eigenvalue weighted by molar-refractivity contribution is 8.00. The maximum absolute atomic E-state index is 11.8. The minimum Gasteiger partial charge on any atom is -0.383 e. The van der Waals surface area contributed by atoms with E-state index in [0.29, 0.717) is 17.9 Å². The summed E-state index contributed by atoms with van der Waals surface area (Å²) in [7, 11) is 3.42. The zero-order valence-corrected chi connectivity index (χ0v) is 15.2. The Labute approximate surface area is 143 Å². The molecular formula is C16H30N4O2S. The highest BCUT2D eigenvalue weighted by Gasteiger charge is 2.38. The lowest BCUT2D eigenvalue weighted by atomic mass is 9.87. The monoisotopic (exact) mass is 342 g/mol. The number of hydrogen-bond donors (Lipinski definition) is 2. The first kappa shape index (κ1) is 18.4. The van der Waals surface area contributed by atoms with Crippen LogP contribution in [0.3, 0.4) is 0 Å². The summed E-state index contributed by atoms with van der Waals surface area (Å²) in [5.41, 5.74) is 0. The van der Waals surface area contributed by atoms with Crippen LogP contribution in [0.2, 0.25) is 0 Å². The van der Waals surface area contributed by atoms with Crippen molar-refractivity contribution in [1.29, 1.82) is 0 Å². The van der Waals surface area contributed by atoms with Crippen LogP contribution in [0.25, 0.3) is 0 Å². The number of rotatable bonds is 5. The summed E-state index contributed by atoms with van der Waals surface area (Å²) in [6.45, 7) is 3.37. The second-order valence-corrected chi connectivity index (χ2v) is 7.82. The molecule has 1 aliphatic heterocycles. The van der Waals surface area contributed by atoms with Crippen molar-refractivity contribution >= 4 is 23.6 Å². The number of ether oxygens (including phenoxy) is 1. The lowest BCUT2D eigenvalue weighted by Gasteiger charge is -2.45. The largest absolute Gasteiger partial charge is 0.383 e. The topological polar surface area (TPSA) is 66.0 Å². The molecule has 0 radical (unpaired) electrons. The van der Waals surface area contributed by atoms with Gasteiger partial charge >= 0.3 is 0 Å². The molecule has 0 aromatic heterocycles. The first-order valence-corrected chi connectivity index (χ1v) is 9.53. The molecule has 0 unspecified atom stereocenters. The number of thioether (sulfide) groups is 1. The Morgan fingerprint density at radius 1 is 1.30 bits per heavy atom. The Hall–Kier alpha value is -0.950. The van der Waals surface area contributed by atoms with Crippen LogP contribution >= 0.6 is 11.8 Å². The quantitative estimate of drug-likeness (QED) is 0.445. The number of carbonyl (C=O) groups excluding carboxylic acids is 1. The summed E-state index contributed by atoms with van der Waals surface area (Å²) in [6.07, 6.45) is 6.67. The van der Waals surface area contributed by atoms with Gasteiger partial charge in [0.05, 0.1) is 13.2 Å². The van der Waals surface area contributed by atoms with Crippen LogP contribution in [0.5, 0.6) is 0 Å². The number of nitrogens with zero attached hydrogens (tertiary/aromatic N) is 2. The normalized spacial score (nSPS) is 21.3. The zero-order chi connectivity index (χ0) is 16.5. The Morgan fingerprint density at radius 3 is 2.78 bits per heavy atom. The molecule has 1 saturated carbocycles. The summed E-state index contributed by atoms with van der Waals surface area (Å²) in [6, 6.07) is 0. The molecule has 7 heteroatoms. The summed E-state index contributed by atoms with van der Waals surface area (Å²) < 4.78 is 5.33. The molecule has 2 fully saturated rings. The van der Waals surface area contributed by atoms with Gasteiger partial charge in [-0.2, -0.15) is 11.8 Å². The Bertz CT molecular complexity index is 405. The van der Waals surface area contributed by atoms with Crippen LogP contribution in [-0.4, -0.2) is 74.2 Å². The van der Waals surface area contributed by atoms with Gasteiger partial charge in [-0.05, 0) is 12.8 Å². The Balaban J connectivity index is 1.81. The molecule has 0 bridgehead atoms. The number of nitrogens with one attached hydrogen (secondary N) is 2. The average Bonchev–Trinajstić information content (AvgIpc) is 2.56. The fourth-order valence-corrected chi connectivity index (χ4v) is 4.94. The first-order chi connectivity index (χ1) is 11.2. The molecule has 1 heterocycles. The van der Waals surface area contributed by atoms with E-state index in [-0.39, 0.29) is 12.5 Å². The number of amides is 1. The smallest absolute Gasteiger partial charge is 0.239 e. The minimum atomic E-state index is -0.0260. The summed E-state index contributed by atoms with van der Waals surface area (Å²) in [5, 5.41) is 6.02. The van der Waals surface area contributed by atoms with Gasteiger partial charge in [-0.1, -0.05) is 19.3 Å². The van der Waals surface area contributed by atoms with Crippen LogP contribution in [0.15, 0.2) is 4.99 Å². The van der Waals surface area contributed by atoms with E-state index in [2.05, 4.69) is 32.3 Å². The van der Waals surface area contributed by atoms with Gasteiger partial charge in [-0.15, -0.1) is 0 Å². The highest BCUT2D eigenvalue weighted by Crippen LogP contribution is 2.42. The van der Waals surface area contributed by atoms with Gasteiger partial charge in [0.2, 0.25) is 5.91 Å². The molecule has 1 saturated heterocycles. The lowest BCUT2D eigenvalue weighted by Crippen LogP contribution is -2.54. The van der Waals surface area contributed by atoms with Crippen molar-refractivity contribution in [2.45, 2.75) is 36.9 Å². The number of methoxy groups -OCH3 is 1. The number of carbonyl (C=O) groups is 1. The molecule has 1 amide bonds. The third-order valence-corrected chi connectivity index (χ3v) is 6.10. The third-order valence-electron chi connectivity index (χ3n) is 4.56. The molecule has 6 nitrogen and oxygen atoms in total. The summed E-state index contributed by atoms with van der Waals surface area (Å²) in [4.78, 5) is 18.5. The number of aliphatic imine (C=N–C) groups is 1. The summed E-state index contributed by atoms with van der Waals surface area (Å²) in [5.74, 6) is 1.96. The second-order valence-electron chi connectivity index (χ2n) is 6.26. The van der Waals surface area contributed by atoms with E-state index in [1.165, 1.54) is 32.1 Å². The van der Waals surface area contributed by atoms with Crippen molar-refractivity contribution in [2.75, 3.05) is 52.7 Å². The van der Waals surface area contributed by atoms with Crippen LogP contribution in [-0.2, 0) is 9.53 Å². The van der Waals surface area contributed by atoms with Crippen molar-refractivity contribution in [3.8, 4) is 0 Å². The van der Waals surface area contributed by atoms with Gasteiger partial charge in [0.25, 0.3) is 0 Å². The van der Waals surface area contributed by atoms with Crippen LogP contribution in [0.4, 0.5) is 0 Å². The molecule has 132 valence electrons. The predicted molar refractivity (Wildman–Crippen MR) is 96.1 cm³/mol. The molecular weight excluding hydrogens is 312 g/mol. The molecule has 0 aromatic carbocycles. The van der Waals surface area contributed by atoms with Crippen molar-refractivity contribution < 1.29 is 9.53 Å². The van der Waals surface area contributed by atoms with Crippen molar-refractivity contribution in [1.82, 2.24) is 15.5 Å². The van der Waals surface area contributed by atoms with E-state index in [4.69, 9.17) is 4.74 Å². The molecule has 23 heavy (non-hydrogen) atoms. The standard InChI is InChI=1S/C16H30N4O2S/c1-17-15(19-12-14(21)18-8-10-22-2)20-9-11-23-16(13-20)6-4-3-5-7-16/h3-13H2,1-2H3,(H,17,19)(H,18,21). The SMILES string of the molecule is CN=C(NCC(=O)NCCOC)N1CCSC2(CCCCC2)C1. The minimum absolute atomic E-state index is 0.0260. The Kier molecular flexibility index (Phi) is 7.49. The van der Waals surface area contributed by atoms with Gasteiger partial charge in [0.1, 0.15) is 0 Å². The average molecular weight is 343 g/mol. The highest BCUT2D eigenvalue weighted by atomic mass is 32.2. The van der Waals surface area contributed by atoms with Gasteiger partial charge < -0.3 is 20.3 Å². The van der Waals surface area contributed by atoms with Crippen LogP contribution in [0.1, 0.15) is 32.1 Å². The van der Waals surface area contributed by atoms with Crippen LogP contribution < -0.4 is 10.6 Å². The molecule has 0 aromatic rings. The van der Waals surface area contributed by atoms with Crippen molar-refractivity contribution in [3.63, 3.8) is 0 Å². The third kappa shape index (κ3) is 5.57. The van der Waals surface area contributed by atoms with E-state index < -0.39 is 0 Å². The first-order valence-electron chi connectivity index (χ1n) is 8.54. The number of hydrogen-bond acceptors (Lipinski definition) is 4. The maximum Gasteiger partial charge on any atom is 0.239 e. The van der Waals surface area contributed by atoms with E-state index >= 15 is 0 Å². The molecule has 2 aliphatic rings. The fourth-order valence-electron chi connectivity index (χ4n) is 3.37. The van der Waals surface area contributed by atoms with E-state index in [1.54, 1.807) is 14.2 Å². The van der Waals surface area contributed by atoms with Crippen molar-refractivity contribution in [2.24, 2.45) is 4.99 Å². The van der Waals surface area contributed by atoms with Gasteiger partial charge in [0.15, 0.2) is 5.96 Å². The van der Waals surface area contributed by atoms with Gasteiger partial charge in [-0.25, -0.2) is 0 Å². The summed E-state index contributed by atoms with van der Waals surface area (Å²) >= 11 is 2.14. The fraction of sp³-hybridized carbons (Fsp3) is 0.875. The van der Waals surface area contributed by atoms with Crippen molar-refractivity contribution in [3.05, 3.63) is 0 Å². The van der Waals surface area contributed by atoms with E-state index in [0.717, 1.165) is 24.8 Å². The molecule has 2 N–H and O–H groups in total. The zero-order valence-electron chi connectivity index (χ0n) is 14.4. The second kappa shape index (κ2) is 9.37. The maximum atomic E-state index is 11.8. The number of guanidine groups is 1. The van der Waals surface area contributed by atoms with Gasteiger partial charge in [-0.3, -0.25) is 9.79 Å². The predicted octanol–water partition coefficient (Wildman–Crippen LogP) is 1.08. The molecule has 1 spiro atoms. The van der Waals surface area contributed by atoms with E-state index in [9.17, 15) is 4.79 Å². The molecule has 2 rings (SSSR count). The van der Waals surface area contributed by atoms with Crippen LogP contribution in [0, 0.1) is 0 Å². The molecule has 0 atom stereocenters. The Morgan fingerprint density at radius 2 is 2.09 bits per heavy atom.